The van der Waals surface area contributed by atoms with Gasteiger partial charge in [0.05, 0.1) is 18.1 Å². The lowest BCUT2D eigenvalue weighted by molar-refractivity contribution is 0.0746. The minimum absolute atomic E-state index is 0.0962. The van der Waals surface area contributed by atoms with Gasteiger partial charge in [0.2, 0.25) is 0 Å². The highest BCUT2D eigenvalue weighted by atomic mass is 79.9. The van der Waals surface area contributed by atoms with Crippen LogP contribution in [0, 0.1) is 11.3 Å². The van der Waals surface area contributed by atoms with E-state index >= 15 is 0 Å². The van der Waals surface area contributed by atoms with Crippen molar-refractivity contribution in [1.29, 1.82) is 5.26 Å². The van der Waals surface area contributed by atoms with Crippen molar-refractivity contribution in [1.82, 2.24) is 9.88 Å². The second-order valence-electron chi connectivity index (χ2n) is 3.50. The van der Waals surface area contributed by atoms with Gasteiger partial charge >= 0.3 is 0 Å². The van der Waals surface area contributed by atoms with Crippen molar-refractivity contribution in [2.45, 2.75) is 19.4 Å². The molecule has 84 valence electrons. The molecule has 16 heavy (non-hydrogen) atoms. The van der Waals surface area contributed by atoms with Gasteiger partial charge in [-0.3, -0.25) is 4.79 Å². The fourth-order valence-electron chi connectivity index (χ4n) is 1.18. The molecular formula is C11H12BrN3O. The molecule has 1 aromatic heterocycles. The molecule has 1 atom stereocenters. The Morgan fingerprint density at radius 1 is 1.69 bits per heavy atom. The van der Waals surface area contributed by atoms with E-state index in [1.165, 1.54) is 6.20 Å². The van der Waals surface area contributed by atoms with Gasteiger partial charge < -0.3 is 4.90 Å². The standard InChI is InChI=1S/C11H12BrN3O/c1-8(5-6-13)15(2)11(16)9-3-4-10(12)14-7-9/h3-4,7-8H,5H2,1-2H3. The van der Waals surface area contributed by atoms with Gasteiger partial charge in [0.1, 0.15) is 4.60 Å². The molecule has 1 unspecified atom stereocenters. The average molecular weight is 282 g/mol. The second-order valence-corrected chi connectivity index (χ2v) is 4.31. The molecule has 0 bridgehead atoms. The Bertz CT molecular complexity index is 410. The smallest absolute Gasteiger partial charge is 0.255 e. The van der Waals surface area contributed by atoms with Gasteiger partial charge in [0.25, 0.3) is 5.91 Å². The SMILES string of the molecule is CC(CC#N)N(C)C(=O)c1ccc(Br)nc1. The van der Waals surface area contributed by atoms with Crippen molar-refractivity contribution < 1.29 is 4.79 Å². The molecule has 0 spiro atoms. The van der Waals surface area contributed by atoms with E-state index in [9.17, 15) is 4.79 Å². The molecule has 1 heterocycles. The molecule has 0 aliphatic carbocycles. The maximum Gasteiger partial charge on any atom is 0.255 e. The minimum atomic E-state index is -0.122. The number of amides is 1. The highest BCUT2D eigenvalue weighted by molar-refractivity contribution is 9.10. The van der Waals surface area contributed by atoms with Crippen LogP contribution in [0.3, 0.4) is 0 Å². The van der Waals surface area contributed by atoms with Crippen LogP contribution < -0.4 is 0 Å². The van der Waals surface area contributed by atoms with Gasteiger partial charge in [-0.05, 0) is 35.0 Å². The van der Waals surface area contributed by atoms with Crippen LogP contribution in [0.15, 0.2) is 22.9 Å². The molecule has 4 nitrogen and oxygen atoms in total. The molecule has 0 N–H and O–H groups in total. The molecule has 0 saturated carbocycles. The molecule has 0 aliphatic rings. The van der Waals surface area contributed by atoms with Gasteiger partial charge in [-0.15, -0.1) is 0 Å². The van der Waals surface area contributed by atoms with E-state index in [2.05, 4.69) is 20.9 Å². The number of hydrogen-bond acceptors (Lipinski definition) is 3. The molecule has 1 rings (SSSR count). The Labute approximate surface area is 103 Å². The van der Waals surface area contributed by atoms with Crippen LogP contribution in [0.5, 0.6) is 0 Å². The summed E-state index contributed by atoms with van der Waals surface area (Å²) in [4.78, 5) is 17.5. The Balaban J connectivity index is 2.78. The van der Waals surface area contributed by atoms with Crippen molar-refractivity contribution >= 4 is 21.8 Å². The number of carbonyl (C=O) groups is 1. The summed E-state index contributed by atoms with van der Waals surface area (Å²) < 4.78 is 0.691. The third-order valence-corrected chi connectivity index (χ3v) is 2.81. The van der Waals surface area contributed by atoms with Crippen LogP contribution in [0.4, 0.5) is 0 Å². The molecule has 0 radical (unpaired) electrons. The van der Waals surface area contributed by atoms with Crippen molar-refractivity contribution in [2.24, 2.45) is 0 Å². The van der Waals surface area contributed by atoms with Gasteiger partial charge in [0.15, 0.2) is 0 Å². The number of nitrogens with zero attached hydrogens (tertiary/aromatic N) is 3. The summed E-state index contributed by atoms with van der Waals surface area (Å²) >= 11 is 3.21. The summed E-state index contributed by atoms with van der Waals surface area (Å²) in [5.74, 6) is -0.122. The van der Waals surface area contributed by atoms with E-state index in [0.717, 1.165) is 0 Å². The lowest BCUT2D eigenvalue weighted by atomic mass is 10.2. The predicted molar refractivity (Wildman–Crippen MR) is 63.7 cm³/mol. The highest BCUT2D eigenvalue weighted by Gasteiger charge is 2.17. The van der Waals surface area contributed by atoms with E-state index < -0.39 is 0 Å². The minimum Gasteiger partial charge on any atom is -0.338 e. The zero-order valence-electron chi connectivity index (χ0n) is 9.14. The van der Waals surface area contributed by atoms with Gasteiger partial charge in [-0.1, -0.05) is 0 Å². The number of halogens is 1. The van der Waals surface area contributed by atoms with E-state index in [4.69, 9.17) is 5.26 Å². The predicted octanol–water partition coefficient (Wildman–Crippen LogP) is 2.22. The van der Waals surface area contributed by atoms with Crippen molar-refractivity contribution in [3.63, 3.8) is 0 Å². The number of pyridine rings is 1. The van der Waals surface area contributed by atoms with Crippen LogP contribution in [-0.4, -0.2) is 28.9 Å². The van der Waals surface area contributed by atoms with Crippen molar-refractivity contribution in [3.8, 4) is 6.07 Å². The lowest BCUT2D eigenvalue weighted by Crippen LogP contribution is -2.34. The maximum atomic E-state index is 11.9. The molecule has 1 amide bonds. The molecule has 5 heteroatoms. The summed E-state index contributed by atoms with van der Waals surface area (Å²) in [6.45, 7) is 1.84. The normalized spacial score (nSPS) is 11.6. The first-order chi connectivity index (χ1) is 7.56. The van der Waals surface area contributed by atoms with E-state index in [1.54, 1.807) is 24.1 Å². The molecule has 1 aromatic rings. The molecule has 0 fully saturated rings. The largest absolute Gasteiger partial charge is 0.338 e. The second kappa shape index (κ2) is 5.61. The first kappa shape index (κ1) is 12.7. The first-order valence-electron chi connectivity index (χ1n) is 4.82. The molecular weight excluding hydrogens is 270 g/mol. The summed E-state index contributed by atoms with van der Waals surface area (Å²) in [5.41, 5.74) is 0.524. The van der Waals surface area contributed by atoms with Gasteiger partial charge in [-0.25, -0.2) is 4.98 Å². The zero-order valence-corrected chi connectivity index (χ0v) is 10.7. The number of hydrogen-bond donors (Lipinski definition) is 0. The molecule has 0 saturated heterocycles. The Hall–Kier alpha value is -1.41. The summed E-state index contributed by atoms with van der Waals surface area (Å²) in [5, 5.41) is 8.57. The van der Waals surface area contributed by atoms with Crippen LogP contribution in [0.2, 0.25) is 0 Å². The van der Waals surface area contributed by atoms with Crippen LogP contribution in [0.25, 0.3) is 0 Å². The monoisotopic (exact) mass is 281 g/mol. The fourth-order valence-corrected chi connectivity index (χ4v) is 1.41. The quantitative estimate of drug-likeness (QED) is 0.799. The van der Waals surface area contributed by atoms with E-state index in [0.29, 0.717) is 16.6 Å². The Morgan fingerprint density at radius 3 is 2.88 bits per heavy atom. The third-order valence-electron chi connectivity index (χ3n) is 2.34. The third kappa shape index (κ3) is 3.04. The number of carbonyl (C=O) groups excluding carboxylic acids is 1. The van der Waals surface area contributed by atoms with Crippen LogP contribution in [-0.2, 0) is 0 Å². The highest BCUT2D eigenvalue weighted by Crippen LogP contribution is 2.10. The van der Waals surface area contributed by atoms with Crippen molar-refractivity contribution in [2.75, 3.05) is 7.05 Å². The van der Waals surface area contributed by atoms with Gasteiger partial charge in [-0.2, -0.15) is 5.26 Å². The topological polar surface area (TPSA) is 57.0 Å². The van der Waals surface area contributed by atoms with Crippen LogP contribution >= 0.6 is 15.9 Å². The summed E-state index contributed by atoms with van der Waals surface area (Å²) in [7, 11) is 1.69. The zero-order chi connectivity index (χ0) is 12.1. The fraction of sp³-hybridized carbons (Fsp3) is 0.364. The Kier molecular flexibility index (Phi) is 4.44. The van der Waals surface area contributed by atoms with E-state index in [-0.39, 0.29) is 11.9 Å². The van der Waals surface area contributed by atoms with Gasteiger partial charge in [0, 0.05) is 19.3 Å². The van der Waals surface area contributed by atoms with E-state index in [1.807, 2.05) is 13.0 Å². The molecule has 0 aromatic carbocycles. The first-order valence-corrected chi connectivity index (χ1v) is 5.61. The number of nitriles is 1. The number of aromatic nitrogens is 1. The molecule has 0 aliphatic heterocycles. The maximum absolute atomic E-state index is 11.9. The summed E-state index contributed by atoms with van der Waals surface area (Å²) in [6, 6.07) is 5.37. The Morgan fingerprint density at radius 2 is 2.38 bits per heavy atom. The lowest BCUT2D eigenvalue weighted by Gasteiger charge is -2.22. The number of rotatable bonds is 3. The van der Waals surface area contributed by atoms with Crippen LogP contribution in [0.1, 0.15) is 23.7 Å². The summed E-state index contributed by atoms with van der Waals surface area (Å²) in [6.07, 6.45) is 1.84. The van der Waals surface area contributed by atoms with Crippen molar-refractivity contribution in [3.05, 3.63) is 28.5 Å². The average Bonchev–Trinajstić information content (AvgIpc) is 2.28.